The highest BCUT2D eigenvalue weighted by molar-refractivity contribution is 6.03. The molecule has 27 heavy (non-hydrogen) atoms. The van der Waals surface area contributed by atoms with Crippen LogP contribution in [0.25, 0.3) is 0 Å². The number of halogens is 4. The number of amides is 1. The Morgan fingerprint density at radius 3 is 2.30 bits per heavy atom. The Bertz CT molecular complexity index is 938. The van der Waals surface area contributed by atoms with Crippen molar-refractivity contribution < 1.29 is 22.4 Å². The van der Waals surface area contributed by atoms with Gasteiger partial charge in [0, 0.05) is 11.3 Å². The lowest BCUT2D eigenvalue weighted by molar-refractivity contribution is -0.137. The maximum Gasteiger partial charge on any atom is 0.416 e. The minimum Gasteiger partial charge on any atom is -0.354 e. The fourth-order valence-electron chi connectivity index (χ4n) is 2.27. The molecular weight excluding hydrogens is 362 g/mol. The van der Waals surface area contributed by atoms with Crippen LogP contribution in [-0.2, 0) is 6.18 Å². The second-order valence-corrected chi connectivity index (χ2v) is 5.60. The van der Waals surface area contributed by atoms with Gasteiger partial charge in [-0.25, -0.2) is 9.37 Å². The number of rotatable bonds is 4. The summed E-state index contributed by atoms with van der Waals surface area (Å²) in [6, 6.07) is 12.9. The number of anilines is 3. The van der Waals surface area contributed by atoms with Crippen LogP contribution < -0.4 is 10.6 Å². The van der Waals surface area contributed by atoms with E-state index in [-0.39, 0.29) is 17.1 Å². The third-order valence-electron chi connectivity index (χ3n) is 3.59. The topological polar surface area (TPSA) is 54.0 Å². The number of benzene rings is 2. The second-order valence-electron chi connectivity index (χ2n) is 5.60. The smallest absolute Gasteiger partial charge is 0.354 e. The summed E-state index contributed by atoms with van der Waals surface area (Å²) in [6.45, 7) is 0. The Labute approximate surface area is 151 Å². The van der Waals surface area contributed by atoms with Crippen LogP contribution >= 0.6 is 0 Å². The number of aromatic nitrogens is 1. The van der Waals surface area contributed by atoms with Crippen LogP contribution in [0.4, 0.5) is 34.8 Å². The van der Waals surface area contributed by atoms with Crippen molar-refractivity contribution in [2.24, 2.45) is 0 Å². The first-order chi connectivity index (χ1) is 12.8. The maximum atomic E-state index is 12.9. The van der Waals surface area contributed by atoms with E-state index in [1.54, 1.807) is 6.07 Å². The summed E-state index contributed by atoms with van der Waals surface area (Å²) in [4.78, 5) is 16.1. The molecule has 8 heteroatoms. The Balaban J connectivity index is 1.67. The minimum atomic E-state index is -4.43. The molecule has 0 radical (unpaired) electrons. The molecule has 0 fully saturated rings. The minimum absolute atomic E-state index is 0.249. The first kappa shape index (κ1) is 18.4. The zero-order valence-corrected chi connectivity index (χ0v) is 13.7. The fraction of sp³-hybridized carbons (Fsp3) is 0.0526. The number of nitrogens with one attached hydrogen (secondary N) is 2. The van der Waals surface area contributed by atoms with Gasteiger partial charge in [0.1, 0.15) is 11.6 Å². The third kappa shape index (κ3) is 4.81. The van der Waals surface area contributed by atoms with Crippen LogP contribution in [0.3, 0.4) is 0 Å². The van der Waals surface area contributed by atoms with Crippen LogP contribution in [0.15, 0.2) is 66.9 Å². The number of nitrogens with zero attached hydrogens (tertiary/aromatic N) is 1. The molecule has 3 aromatic rings. The highest BCUT2D eigenvalue weighted by Gasteiger charge is 2.30. The number of carbonyl (C=O) groups is 1. The van der Waals surface area contributed by atoms with Crippen LogP contribution in [-0.4, -0.2) is 10.9 Å². The summed E-state index contributed by atoms with van der Waals surface area (Å²) in [5, 5.41) is 5.37. The van der Waals surface area contributed by atoms with Gasteiger partial charge >= 0.3 is 6.18 Å². The predicted octanol–water partition coefficient (Wildman–Crippen LogP) is 5.24. The van der Waals surface area contributed by atoms with Crippen LogP contribution in [0.5, 0.6) is 0 Å². The molecule has 0 spiro atoms. The predicted molar refractivity (Wildman–Crippen MR) is 93.3 cm³/mol. The summed E-state index contributed by atoms with van der Waals surface area (Å²) < 4.78 is 51.1. The highest BCUT2D eigenvalue weighted by Crippen LogP contribution is 2.31. The average Bonchev–Trinajstić information content (AvgIpc) is 2.63. The molecular formula is C19H13F4N3O. The first-order valence-corrected chi connectivity index (χ1v) is 7.78. The molecule has 0 aliphatic carbocycles. The van der Waals surface area contributed by atoms with Gasteiger partial charge in [-0.15, -0.1) is 0 Å². The number of carbonyl (C=O) groups excluding carboxylic acids is 1. The zero-order valence-electron chi connectivity index (χ0n) is 13.7. The molecule has 0 saturated carbocycles. The van der Waals surface area contributed by atoms with E-state index >= 15 is 0 Å². The van der Waals surface area contributed by atoms with Crippen molar-refractivity contribution in [1.29, 1.82) is 0 Å². The summed E-state index contributed by atoms with van der Waals surface area (Å²) in [5.74, 6) is -0.658. The van der Waals surface area contributed by atoms with Crippen molar-refractivity contribution in [3.05, 3.63) is 83.8 Å². The molecule has 0 atom stereocenters. The summed E-state index contributed by atoms with van der Waals surface area (Å²) in [7, 11) is 0. The van der Waals surface area contributed by atoms with E-state index in [1.165, 1.54) is 48.7 Å². The van der Waals surface area contributed by atoms with Crippen LogP contribution in [0.2, 0.25) is 0 Å². The van der Waals surface area contributed by atoms with Crippen molar-refractivity contribution >= 4 is 23.1 Å². The Kier molecular flexibility index (Phi) is 5.07. The second kappa shape index (κ2) is 7.45. The monoisotopic (exact) mass is 375 g/mol. The zero-order chi connectivity index (χ0) is 19.4. The molecule has 2 N–H and O–H groups in total. The average molecular weight is 375 g/mol. The van der Waals surface area contributed by atoms with E-state index in [9.17, 15) is 22.4 Å². The van der Waals surface area contributed by atoms with Gasteiger partial charge < -0.3 is 10.6 Å². The molecule has 0 saturated heterocycles. The van der Waals surface area contributed by atoms with Crippen LogP contribution in [0.1, 0.15) is 15.9 Å². The van der Waals surface area contributed by atoms with E-state index in [1.807, 2.05) is 0 Å². The van der Waals surface area contributed by atoms with Gasteiger partial charge in [0.2, 0.25) is 0 Å². The molecule has 0 aliphatic heterocycles. The van der Waals surface area contributed by atoms with Crippen LogP contribution in [0, 0.1) is 5.82 Å². The molecule has 138 valence electrons. The molecule has 0 unspecified atom stereocenters. The quantitative estimate of drug-likeness (QED) is 0.614. The van der Waals surface area contributed by atoms with Gasteiger partial charge in [-0.3, -0.25) is 4.79 Å². The standard InChI is InChI=1S/C19H13F4N3O/c20-14-6-4-12(5-7-14)18(27)26-17-9-8-16(11-24-17)25-15-3-1-2-13(10-15)19(21,22)23/h1-11,25H,(H,24,26,27). The molecule has 1 heterocycles. The van der Waals surface area contributed by atoms with Crippen molar-refractivity contribution in [3.63, 3.8) is 0 Å². The molecule has 0 bridgehead atoms. The van der Waals surface area contributed by atoms with E-state index < -0.39 is 23.5 Å². The van der Waals surface area contributed by atoms with Crippen molar-refractivity contribution in [2.75, 3.05) is 10.6 Å². The van der Waals surface area contributed by atoms with Crippen molar-refractivity contribution in [3.8, 4) is 0 Å². The number of hydrogen-bond donors (Lipinski definition) is 2. The summed E-state index contributed by atoms with van der Waals surface area (Å²) in [6.07, 6.45) is -3.05. The Morgan fingerprint density at radius 1 is 0.926 bits per heavy atom. The van der Waals surface area contributed by atoms with Gasteiger partial charge in [0.25, 0.3) is 5.91 Å². The van der Waals surface area contributed by atoms with Gasteiger partial charge in [0.05, 0.1) is 17.4 Å². The molecule has 2 aromatic carbocycles. The fourth-order valence-corrected chi connectivity index (χ4v) is 2.27. The Hall–Kier alpha value is -3.42. The summed E-state index contributed by atoms with van der Waals surface area (Å²) in [5.41, 5.74) is 0.219. The lowest BCUT2D eigenvalue weighted by Gasteiger charge is -2.11. The number of hydrogen-bond acceptors (Lipinski definition) is 3. The largest absolute Gasteiger partial charge is 0.416 e. The highest BCUT2D eigenvalue weighted by atomic mass is 19.4. The molecule has 1 aromatic heterocycles. The molecule has 0 aliphatic rings. The van der Waals surface area contributed by atoms with Gasteiger partial charge in [-0.1, -0.05) is 6.07 Å². The molecule has 1 amide bonds. The van der Waals surface area contributed by atoms with Crippen molar-refractivity contribution in [1.82, 2.24) is 4.98 Å². The molecule has 3 rings (SSSR count). The lowest BCUT2D eigenvalue weighted by atomic mass is 10.2. The van der Waals surface area contributed by atoms with Crippen molar-refractivity contribution in [2.45, 2.75) is 6.18 Å². The van der Waals surface area contributed by atoms with E-state index in [0.717, 1.165) is 12.1 Å². The first-order valence-electron chi connectivity index (χ1n) is 7.78. The lowest BCUT2D eigenvalue weighted by Crippen LogP contribution is -2.12. The number of alkyl halides is 3. The SMILES string of the molecule is O=C(Nc1ccc(Nc2cccc(C(F)(F)F)c2)cn1)c1ccc(F)cc1. The maximum absolute atomic E-state index is 12.9. The van der Waals surface area contributed by atoms with Gasteiger partial charge in [0.15, 0.2) is 0 Å². The van der Waals surface area contributed by atoms with Gasteiger partial charge in [-0.2, -0.15) is 13.2 Å². The van der Waals surface area contributed by atoms with E-state index in [2.05, 4.69) is 15.6 Å². The normalized spacial score (nSPS) is 11.1. The van der Waals surface area contributed by atoms with Gasteiger partial charge in [-0.05, 0) is 54.6 Å². The molecule has 4 nitrogen and oxygen atoms in total. The number of pyridine rings is 1. The van der Waals surface area contributed by atoms with E-state index in [0.29, 0.717) is 5.69 Å². The summed E-state index contributed by atoms with van der Waals surface area (Å²) >= 11 is 0. The van der Waals surface area contributed by atoms with E-state index in [4.69, 9.17) is 0 Å². The Morgan fingerprint density at radius 2 is 1.67 bits per heavy atom. The third-order valence-corrected chi connectivity index (χ3v) is 3.59.